The Morgan fingerprint density at radius 3 is 2.37 bits per heavy atom. The van der Waals surface area contributed by atoms with Gasteiger partial charge in [-0.3, -0.25) is 4.79 Å². The van der Waals surface area contributed by atoms with Crippen molar-refractivity contribution in [3.63, 3.8) is 0 Å². The SMILES string of the molecule is Cc1cc(Br)ccc1[C@@H](CCC(F)(F)F)Nc1ccc(C(=O)N2CCCCC2)cc1. The van der Waals surface area contributed by atoms with Crippen LogP contribution in [0.2, 0.25) is 0 Å². The highest BCUT2D eigenvalue weighted by molar-refractivity contribution is 9.10. The zero-order valence-electron chi connectivity index (χ0n) is 16.9. The van der Waals surface area contributed by atoms with Crippen molar-refractivity contribution < 1.29 is 18.0 Å². The number of hydrogen-bond donors (Lipinski definition) is 1. The average Bonchev–Trinajstić information content (AvgIpc) is 2.71. The van der Waals surface area contributed by atoms with Crippen LogP contribution in [0.4, 0.5) is 18.9 Å². The van der Waals surface area contributed by atoms with Gasteiger partial charge in [0.1, 0.15) is 0 Å². The first-order valence-electron chi connectivity index (χ1n) is 10.2. The number of carbonyl (C=O) groups excluding carboxylic acids is 1. The van der Waals surface area contributed by atoms with E-state index in [0.717, 1.165) is 48.0 Å². The van der Waals surface area contributed by atoms with Gasteiger partial charge in [-0.05, 0) is 80.1 Å². The molecule has 7 heteroatoms. The van der Waals surface area contributed by atoms with Crippen molar-refractivity contribution >= 4 is 27.5 Å². The molecule has 1 amide bonds. The van der Waals surface area contributed by atoms with Crippen molar-refractivity contribution in [3.05, 3.63) is 63.6 Å². The summed E-state index contributed by atoms with van der Waals surface area (Å²) in [6.45, 7) is 3.45. The molecule has 1 aliphatic rings. The van der Waals surface area contributed by atoms with E-state index in [4.69, 9.17) is 0 Å². The van der Waals surface area contributed by atoms with E-state index < -0.39 is 18.6 Å². The number of likely N-dealkylation sites (tertiary alicyclic amines) is 1. The molecular weight excluding hydrogens is 457 g/mol. The summed E-state index contributed by atoms with van der Waals surface area (Å²) in [4.78, 5) is 14.5. The minimum atomic E-state index is -4.21. The lowest BCUT2D eigenvalue weighted by molar-refractivity contribution is -0.136. The van der Waals surface area contributed by atoms with Gasteiger partial charge in [-0.2, -0.15) is 13.2 Å². The van der Waals surface area contributed by atoms with E-state index >= 15 is 0 Å². The van der Waals surface area contributed by atoms with E-state index in [9.17, 15) is 18.0 Å². The summed E-state index contributed by atoms with van der Waals surface area (Å²) in [7, 11) is 0. The first-order chi connectivity index (χ1) is 14.2. The number of alkyl halides is 3. The third kappa shape index (κ3) is 6.24. The molecule has 0 saturated carbocycles. The first-order valence-corrected chi connectivity index (χ1v) is 11.0. The normalized spacial score (nSPS) is 15.7. The number of carbonyl (C=O) groups is 1. The zero-order valence-corrected chi connectivity index (χ0v) is 18.5. The van der Waals surface area contributed by atoms with Gasteiger partial charge in [-0.25, -0.2) is 0 Å². The molecule has 1 heterocycles. The summed E-state index contributed by atoms with van der Waals surface area (Å²) in [5.74, 6) is 0.0126. The molecule has 0 aromatic heterocycles. The number of nitrogens with one attached hydrogen (secondary N) is 1. The predicted octanol–water partition coefficient (Wildman–Crippen LogP) is 6.88. The number of benzene rings is 2. The number of amides is 1. The van der Waals surface area contributed by atoms with Crippen LogP contribution in [0.15, 0.2) is 46.9 Å². The summed E-state index contributed by atoms with van der Waals surface area (Å²) in [6.07, 6.45) is -1.95. The average molecular weight is 483 g/mol. The Hall–Kier alpha value is -2.02. The second-order valence-corrected chi connectivity index (χ2v) is 8.70. The van der Waals surface area contributed by atoms with Gasteiger partial charge in [0.25, 0.3) is 5.91 Å². The highest BCUT2D eigenvalue weighted by Crippen LogP contribution is 2.32. The summed E-state index contributed by atoms with van der Waals surface area (Å²) in [5.41, 5.74) is 3.05. The number of anilines is 1. The van der Waals surface area contributed by atoms with Crippen LogP contribution in [0, 0.1) is 6.92 Å². The van der Waals surface area contributed by atoms with Crippen LogP contribution < -0.4 is 5.32 Å². The Morgan fingerprint density at radius 2 is 1.77 bits per heavy atom. The highest BCUT2D eigenvalue weighted by Gasteiger charge is 2.29. The van der Waals surface area contributed by atoms with Crippen molar-refractivity contribution in [1.29, 1.82) is 0 Å². The fourth-order valence-electron chi connectivity index (χ4n) is 3.83. The van der Waals surface area contributed by atoms with Crippen LogP contribution in [0.3, 0.4) is 0 Å². The quantitative estimate of drug-likeness (QED) is 0.486. The number of aryl methyl sites for hydroxylation is 1. The van der Waals surface area contributed by atoms with Gasteiger partial charge >= 0.3 is 6.18 Å². The van der Waals surface area contributed by atoms with Crippen LogP contribution in [0.25, 0.3) is 0 Å². The molecule has 0 spiro atoms. The lowest BCUT2D eigenvalue weighted by Crippen LogP contribution is -2.35. The molecular formula is C23H26BrF3N2O. The third-order valence-electron chi connectivity index (χ3n) is 5.44. The van der Waals surface area contributed by atoms with Crippen molar-refractivity contribution in [3.8, 4) is 0 Å². The smallest absolute Gasteiger partial charge is 0.378 e. The van der Waals surface area contributed by atoms with Crippen LogP contribution in [-0.4, -0.2) is 30.1 Å². The van der Waals surface area contributed by atoms with Crippen molar-refractivity contribution in [2.45, 2.75) is 51.2 Å². The van der Waals surface area contributed by atoms with Gasteiger partial charge < -0.3 is 10.2 Å². The maximum Gasteiger partial charge on any atom is 0.389 e. The number of nitrogens with zero attached hydrogens (tertiary/aromatic N) is 1. The first kappa shape index (κ1) is 22.7. The summed E-state index contributed by atoms with van der Waals surface area (Å²) < 4.78 is 39.5. The molecule has 1 aliphatic heterocycles. The van der Waals surface area contributed by atoms with Gasteiger partial charge in [-0.15, -0.1) is 0 Å². The monoisotopic (exact) mass is 482 g/mol. The molecule has 0 radical (unpaired) electrons. The molecule has 2 aromatic rings. The van der Waals surface area contributed by atoms with Gasteiger partial charge in [0.15, 0.2) is 0 Å². The van der Waals surface area contributed by atoms with E-state index in [1.165, 1.54) is 0 Å². The summed E-state index contributed by atoms with van der Waals surface area (Å²) in [5, 5.41) is 3.23. The number of halogens is 4. The maximum absolute atomic E-state index is 12.9. The van der Waals surface area contributed by atoms with Gasteiger partial charge in [0.05, 0.1) is 6.04 Å². The largest absolute Gasteiger partial charge is 0.389 e. The van der Waals surface area contributed by atoms with Crippen LogP contribution in [-0.2, 0) is 0 Å². The number of rotatable bonds is 6. The van der Waals surface area contributed by atoms with Crippen LogP contribution >= 0.6 is 15.9 Å². The van der Waals surface area contributed by atoms with Gasteiger partial charge in [-0.1, -0.05) is 22.0 Å². The summed E-state index contributed by atoms with van der Waals surface area (Å²) >= 11 is 3.40. The Bertz CT molecular complexity index is 862. The van der Waals surface area contributed by atoms with Gasteiger partial charge in [0, 0.05) is 35.2 Å². The number of piperidine rings is 1. The lowest BCUT2D eigenvalue weighted by atomic mass is 9.97. The van der Waals surface area contributed by atoms with Crippen LogP contribution in [0.1, 0.15) is 59.6 Å². The maximum atomic E-state index is 12.9. The van der Waals surface area contributed by atoms with E-state index in [1.54, 1.807) is 24.3 Å². The fourth-order valence-corrected chi connectivity index (χ4v) is 4.31. The van der Waals surface area contributed by atoms with Crippen molar-refractivity contribution in [2.75, 3.05) is 18.4 Å². The predicted molar refractivity (Wildman–Crippen MR) is 117 cm³/mol. The minimum Gasteiger partial charge on any atom is -0.378 e. The van der Waals surface area contributed by atoms with Crippen molar-refractivity contribution in [1.82, 2.24) is 4.90 Å². The van der Waals surface area contributed by atoms with E-state index in [1.807, 2.05) is 30.0 Å². The Balaban J connectivity index is 1.75. The van der Waals surface area contributed by atoms with E-state index in [2.05, 4.69) is 21.2 Å². The van der Waals surface area contributed by atoms with Gasteiger partial charge in [0.2, 0.25) is 0 Å². The Labute approximate surface area is 183 Å². The standard InChI is InChI=1S/C23H26BrF3N2O/c1-16-15-18(24)7-10-20(16)21(11-12-23(25,26)27)28-19-8-5-17(6-9-19)22(30)29-13-3-2-4-14-29/h5-10,15,21,28H,2-4,11-14H2,1H3/t21-/m1/s1. The topological polar surface area (TPSA) is 32.3 Å². The molecule has 0 aliphatic carbocycles. The third-order valence-corrected chi connectivity index (χ3v) is 5.93. The van der Waals surface area contributed by atoms with E-state index in [0.29, 0.717) is 11.3 Å². The second-order valence-electron chi connectivity index (χ2n) is 7.78. The minimum absolute atomic E-state index is 0.0126. The Kier molecular flexibility index (Phi) is 7.45. The van der Waals surface area contributed by atoms with E-state index in [-0.39, 0.29) is 12.3 Å². The molecule has 1 saturated heterocycles. The molecule has 0 bridgehead atoms. The fraction of sp³-hybridized carbons (Fsp3) is 0.435. The molecule has 3 nitrogen and oxygen atoms in total. The molecule has 3 rings (SSSR count). The molecule has 1 N–H and O–H groups in total. The molecule has 0 unspecified atom stereocenters. The number of hydrogen-bond acceptors (Lipinski definition) is 2. The Morgan fingerprint density at radius 1 is 1.10 bits per heavy atom. The van der Waals surface area contributed by atoms with Crippen LogP contribution in [0.5, 0.6) is 0 Å². The zero-order chi connectivity index (χ0) is 21.7. The molecule has 1 fully saturated rings. The molecule has 2 aromatic carbocycles. The second kappa shape index (κ2) is 9.86. The highest BCUT2D eigenvalue weighted by atomic mass is 79.9. The molecule has 1 atom stereocenters. The van der Waals surface area contributed by atoms with Crippen molar-refractivity contribution in [2.24, 2.45) is 0 Å². The molecule has 162 valence electrons. The summed E-state index contributed by atoms with van der Waals surface area (Å²) in [6, 6.07) is 12.1. The lowest BCUT2D eigenvalue weighted by Gasteiger charge is -2.27. The molecule has 30 heavy (non-hydrogen) atoms.